The highest BCUT2D eigenvalue weighted by Crippen LogP contribution is 2.25. The number of thiophene rings is 1. The lowest BCUT2D eigenvalue weighted by molar-refractivity contribution is 0.576. The van der Waals surface area contributed by atoms with Crippen LogP contribution < -0.4 is 5.32 Å². The van der Waals surface area contributed by atoms with Crippen LogP contribution in [0.15, 0.2) is 45.1 Å². The summed E-state index contributed by atoms with van der Waals surface area (Å²) in [4.78, 5) is 2.49. The van der Waals surface area contributed by atoms with Crippen LogP contribution in [0.3, 0.4) is 0 Å². The third-order valence-electron chi connectivity index (χ3n) is 2.83. The Morgan fingerprint density at radius 2 is 2.00 bits per heavy atom. The quantitative estimate of drug-likeness (QED) is 0.688. The summed E-state index contributed by atoms with van der Waals surface area (Å²) in [5.74, 6) is 0.802. The first-order valence-electron chi connectivity index (χ1n) is 6.53. The minimum atomic E-state index is -0.180. The molecule has 0 saturated heterocycles. The third-order valence-corrected chi connectivity index (χ3v) is 5.65. The first-order valence-corrected chi connectivity index (χ1v) is 9.13. The molecule has 0 bridgehead atoms. The van der Waals surface area contributed by atoms with Crippen LogP contribution in [0.25, 0.3) is 0 Å². The predicted molar refractivity (Wildman–Crippen MR) is 90.3 cm³/mol. The summed E-state index contributed by atoms with van der Waals surface area (Å²) in [5, 5.41) is 3.52. The summed E-state index contributed by atoms with van der Waals surface area (Å²) in [7, 11) is 0. The molecule has 1 N–H and O–H groups in total. The molecule has 0 spiro atoms. The van der Waals surface area contributed by atoms with E-state index in [9.17, 15) is 4.39 Å². The minimum Gasteiger partial charge on any atom is -0.313 e. The second-order valence-corrected chi connectivity index (χ2v) is 8.07. The number of benzene rings is 1. The lowest BCUT2D eigenvalue weighted by atomic mass is 10.2. The predicted octanol–water partition coefficient (Wildman–Crippen LogP) is 4.96. The molecule has 108 valence electrons. The molecule has 0 radical (unpaired) electrons. The summed E-state index contributed by atoms with van der Waals surface area (Å²) in [6.07, 6.45) is 1.03. The van der Waals surface area contributed by atoms with E-state index in [2.05, 4.69) is 40.3 Å². The van der Waals surface area contributed by atoms with Crippen molar-refractivity contribution in [2.24, 2.45) is 0 Å². The van der Waals surface area contributed by atoms with Crippen LogP contribution in [-0.4, -0.2) is 18.3 Å². The van der Waals surface area contributed by atoms with E-state index in [1.807, 2.05) is 12.1 Å². The van der Waals surface area contributed by atoms with Gasteiger partial charge in [0, 0.05) is 21.6 Å². The van der Waals surface area contributed by atoms with Crippen molar-refractivity contribution in [3.8, 4) is 0 Å². The Morgan fingerprint density at radius 3 is 2.60 bits per heavy atom. The van der Waals surface area contributed by atoms with E-state index >= 15 is 0 Å². The largest absolute Gasteiger partial charge is 0.313 e. The molecule has 20 heavy (non-hydrogen) atoms. The molecule has 1 aromatic carbocycles. The third kappa shape index (κ3) is 5.20. The van der Waals surface area contributed by atoms with E-state index in [1.54, 1.807) is 23.1 Å². The highest BCUT2D eigenvalue weighted by atomic mass is 79.9. The molecule has 1 nitrogen and oxygen atoms in total. The lowest BCUT2D eigenvalue weighted by Crippen LogP contribution is -2.32. The van der Waals surface area contributed by atoms with E-state index in [0.717, 1.165) is 23.6 Å². The molecule has 1 atom stereocenters. The van der Waals surface area contributed by atoms with E-state index in [1.165, 1.54) is 20.8 Å². The zero-order valence-electron chi connectivity index (χ0n) is 11.2. The van der Waals surface area contributed by atoms with Gasteiger partial charge in [-0.15, -0.1) is 23.1 Å². The molecule has 5 heteroatoms. The zero-order valence-corrected chi connectivity index (χ0v) is 14.5. The van der Waals surface area contributed by atoms with Crippen molar-refractivity contribution in [1.82, 2.24) is 5.32 Å². The first kappa shape index (κ1) is 16.0. The molecule has 2 aromatic rings. The molecule has 2 rings (SSSR count). The molecule has 0 aliphatic rings. The molecule has 0 saturated carbocycles. The van der Waals surface area contributed by atoms with E-state index in [0.29, 0.717) is 6.04 Å². The number of hydrogen-bond donors (Lipinski definition) is 1. The maximum Gasteiger partial charge on any atom is 0.123 e. The van der Waals surface area contributed by atoms with Gasteiger partial charge in [-0.1, -0.05) is 6.92 Å². The Kier molecular flexibility index (Phi) is 6.55. The van der Waals surface area contributed by atoms with Crippen molar-refractivity contribution in [3.63, 3.8) is 0 Å². The van der Waals surface area contributed by atoms with Gasteiger partial charge in [0.15, 0.2) is 0 Å². The molecular formula is C15H17BrFNS2. The molecule has 0 aliphatic carbocycles. The summed E-state index contributed by atoms with van der Waals surface area (Å²) < 4.78 is 14.0. The summed E-state index contributed by atoms with van der Waals surface area (Å²) >= 11 is 7.05. The Balaban J connectivity index is 1.90. The normalized spacial score (nSPS) is 12.6. The molecule has 1 unspecified atom stereocenters. The maximum atomic E-state index is 12.9. The first-order chi connectivity index (χ1) is 9.67. The Hall–Kier alpha value is -0.360. The van der Waals surface area contributed by atoms with E-state index in [4.69, 9.17) is 0 Å². The Bertz CT molecular complexity index is 527. The SMILES string of the molecule is CCNC(CSc1ccc(F)cc1)Cc1ccc(Br)s1. The fourth-order valence-corrected chi connectivity index (χ4v) is 4.43. The van der Waals surface area contributed by atoms with Crippen LogP contribution in [0.2, 0.25) is 0 Å². The van der Waals surface area contributed by atoms with Gasteiger partial charge in [0.1, 0.15) is 5.82 Å². The highest BCUT2D eigenvalue weighted by molar-refractivity contribution is 9.11. The van der Waals surface area contributed by atoms with Crippen molar-refractivity contribution in [3.05, 3.63) is 50.9 Å². The van der Waals surface area contributed by atoms with Gasteiger partial charge < -0.3 is 5.32 Å². The summed E-state index contributed by atoms with van der Waals surface area (Å²) in [6.45, 7) is 3.08. The van der Waals surface area contributed by atoms with Gasteiger partial charge in [-0.25, -0.2) is 4.39 Å². The van der Waals surface area contributed by atoms with Gasteiger partial charge in [-0.05, 0) is 65.3 Å². The van der Waals surface area contributed by atoms with Crippen LogP contribution in [0.5, 0.6) is 0 Å². The van der Waals surface area contributed by atoms with Crippen molar-refractivity contribution >= 4 is 39.0 Å². The van der Waals surface area contributed by atoms with Crippen molar-refractivity contribution in [2.45, 2.75) is 24.3 Å². The maximum absolute atomic E-state index is 12.9. The standard InChI is InChI=1S/C15H17BrFNS2/c1-2-18-12(9-14-7-8-15(16)20-14)10-19-13-5-3-11(17)4-6-13/h3-8,12,18H,2,9-10H2,1H3. The number of nitrogens with one attached hydrogen (secondary N) is 1. The molecule has 0 fully saturated rings. The van der Waals surface area contributed by atoms with Gasteiger partial charge in [0.05, 0.1) is 3.79 Å². The van der Waals surface area contributed by atoms with Crippen molar-refractivity contribution in [1.29, 1.82) is 0 Å². The van der Waals surface area contributed by atoms with Crippen LogP contribution in [-0.2, 0) is 6.42 Å². The van der Waals surface area contributed by atoms with Crippen LogP contribution >= 0.6 is 39.0 Å². The Morgan fingerprint density at radius 1 is 1.25 bits per heavy atom. The fraction of sp³-hybridized carbons (Fsp3) is 0.333. The average molecular weight is 374 g/mol. The molecule has 1 aromatic heterocycles. The number of rotatable bonds is 7. The Labute approximate surface area is 136 Å². The highest BCUT2D eigenvalue weighted by Gasteiger charge is 2.10. The second kappa shape index (κ2) is 8.17. The van der Waals surface area contributed by atoms with E-state index in [-0.39, 0.29) is 5.82 Å². The average Bonchev–Trinajstić information content (AvgIpc) is 2.83. The smallest absolute Gasteiger partial charge is 0.123 e. The summed E-state index contributed by atoms with van der Waals surface area (Å²) in [5.41, 5.74) is 0. The fourth-order valence-electron chi connectivity index (χ4n) is 1.91. The van der Waals surface area contributed by atoms with Crippen molar-refractivity contribution in [2.75, 3.05) is 12.3 Å². The van der Waals surface area contributed by atoms with E-state index < -0.39 is 0 Å². The monoisotopic (exact) mass is 373 g/mol. The molecule has 0 amide bonds. The number of likely N-dealkylation sites (N-methyl/N-ethyl adjacent to an activating group) is 1. The number of halogens is 2. The molecular weight excluding hydrogens is 357 g/mol. The van der Waals surface area contributed by atoms with Crippen LogP contribution in [0.4, 0.5) is 4.39 Å². The van der Waals surface area contributed by atoms with Crippen LogP contribution in [0.1, 0.15) is 11.8 Å². The van der Waals surface area contributed by atoms with Gasteiger partial charge >= 0.3 is 0 Å². The molecule has 0 aliphatic heterocycles. The van der Waals surface area contributed by atoms with Gasteiger partial charge in [-0.2, -0.15) is 0 Å². The van der Waals surface area contributed by atoms with Crippen LogP contribution in [0, 0.1) is 5.82 Å². The van der Waals surface area contributed by atoms with Gasteiger partial charge in [0.25, 0.3) is 0 Å². The van der Waals surface area contributed by atoms with Crippen molar-refractivity contribution < 1.29 is 4.39 Å². The summed E-state index contributed by atoms with van der Waals surface area (Å²) in [6, 6.07) is 11.4. The minimum absolute atomic E-state index is 0.180. The number of hydrogen-bond acceptors (Lipinski definition) is 3. The van der Waals surface area contributed by atoms with Gasteiger partial charge in [-0.3, -0.25) is 0 Å². The van der Waals surface area contributed by atoms with Gasteiger partial charge in [0.2, 0.25) is 0 Å². The zero-order chi connectivity index (χ0) is 14.4. The number of thioether (sulfide) groups is 1. The lowest BCUT2D eigenvalue weighted by Gasteiger charge is -2.16. The second-order valence-electron chi connectivity index (χ2n) is 4.43. The molecule has 1 heterocycles. The topological polar surface area (TPSA) is 12.0 Å².